The van der Waals surface area contributed by atoms with Gasteiger partial charge in [-0.2, -0.15) is 0 Å². The molecule has 2 amide bonds. The van der Waals surface area contributed by atoms with E-state index in [-0.39, 0.29) is 23.8 Å². The maximum absolute atomic E-state index is 11.3. The molecule has 2 fully saturated rings. The van der Waals surface area contributed by atoms with Crippen molar-refractivity contribution in [1.82, 2.24) is 10.3 Å². The Morgan fingerprint density at radius 2 is 2.11 bits per heavy atom. The maximum Gasteiger partial charge on any atom is 0.263 e. The van der Waals surface area contributed by atoms with Crippen molar-refractivity contribution >= 4 is 11.8 Å². The number of carbonyl (C=O) groups is 2. The molecule has 0 aliphatic carbocycles. The third-order valence-electron chi connectivity index (χ3n) is 3.68. The number of nitrogens with one attached hydrogen (secondary N) is 1. The van der Waals surface area contributed by atoms with Gasteiger partial charge in [-0.25, -0.2) is 5.84 Å². The standard InChI is InChI=1S/C11H20N4O3/c12-10(16)7-3-4-15(5-7)6-8-1-2-9(18-8)11(17)14-13/h7-9H,1-6,13H2,(H2,12,16)(H,14,17). The van der Waals surface area contributed by atoms with Crippen molar-refractivity contribution in [1.29, 1.82) is 0 Å². The summed E-state index contributed by atoms with van der Waals surface area (Å²) in [5, 5.41) is 0. The molecule has 0 spiro atoms. The van der Waals surface area contributed by atoms with Gasteiger partial charge >= 0.3 is 0 Å². The highest BCUT2D eigenvalue weighted by Crippen LogP contribution is 2.23. The molecule has 18 heavy (non-hydrogen) atoms. The van der Waals surface area contributed by atoms with Crippen molar-refractivity contribution in [3.63, 3.8) is 0 Å². The first-order valence-corrected chi connectivity index (χ1v) is 6.27. The second-order valence-corrected chi connectivity index (χ2v) is 4.98. The van der Waals surface area contributed by atoms with E-state index in [1.165, 1.54) is 0 Å². The third kappa shape index (κ3) is 2.98. The predicted octanol–water partition coefficient (Wildman–Crippen LogP) is -1.67. The first-order valence-electron chi connectivity index (χ1n) is 6.27. The van der Waals surface area contributed by atoms with Crippen LogP contribution < -0.4 is 17.0 Å². The van der Waals surface area contributed by atoms with Crippen LogP contribution in [0.4, 0.5) is 0 Å². The summed E-state index contributed by atoms with van der Waals surface area (Å²) in [7, 11) is 0. The van der Waals surface area contributed by atoms with Crippen molar-refractivity contribution in [2.75, 3.05) is 19.6 Å². The summed E-state index contributed by atoms with van der Waals surface area (Å²) < 4.78 is 5.62. The molecule has 2 rings (SSSR count). The molecule has 0 radical (unpaired) electrons. The van der Waals surface area contributed by atoms with Crippen LogP contribution in [-0.4, -0.2) is 48.6 Å². The molecule has 2 aliphatic rings. The van der Waals surface area contributed by atoms with Crippen LogP contribution in [0.5, 0.6) is 0 Å². The Labute approximate surface area is 106 Å². The molecule has 0 bridgehead atoms. The lowest BCUT2D eigenvalue weighted by atomic mass is 10.1. The van der Waals surface area contributed by atoms with Gasteiger partial charge in [-0.3, -0.25) is 19.9 Å². The fourth-order valence-electron chi connectivity index (χ4n) is 2.64. The number of carbonyl (C=O) groups excluding carboxylic acids is 2. The SMILES string of the molecule is NNC(=O)C1CCC(CN2CCC(C(N)=O)C2)O1. The maximum atomic E-state index is 11.3. The Kier molecular flexibility index (Phi) is 4.15. The molecule has 0 saturated carbocycles. The lowest BCUT2D eigenvalue weighted by Crippen LogP contribution is -2.40. The van der Waals surface area contributed by atoms with Gasteiger partial charge in [0, 0.05) is 13.1 Å². The highest BCUT2D eigenvalue weighted by Gasteiger charge is 2.34. The van der Waals surface area contributed by atoms with E-state index in [0.29, 0.717) is 13.0 Å². The van der Waals surface area contributed by atoms with Crippen molar-refractivity contribution in [3.8, 4) is 0 Å². The zero-order chi connectivity index (χ0) is 13.1. The van der Waals surface area contributed by atoms with Gasteiger partial charge in [0.1, 0.15) is 6.10 Å². The van der Waals surface area contributed by atoms with E-state index >= 15 is 0 Å². The number of hydrazine groups is 1. The minimum absolute atomic E-state index is 0.0407. The number of nitrogens with two attached hydrogens (primary N) is 2. The van der Waals surface area contributed by atoms with Gasteiger partial charge in [0.05, 0.1) is 12.0 Å². The summed E-state index contributed by atoms with van der Waals surface area (Å²) in [6.45, 7) is 2.31. The van der Waals surface area contributed by atoms with E-state index < -0.39 is 6.10 Å². The van der Waals surface area contributed by atoms with Gasteiger partial charge in [0.2, 0.25) is 5.91 Å². The van der Waals surface area contributed by atoms with E-state index in [1.807, 2.05) is 0 Å². The summed E-state index contributed by atoms with van der Waals surface area (Å²) in [5.74, 6) is 4.52. The van der Waals surface area contributed by atoms with Crippen LogP contribution in [0.2, 0.25) is 0 Å². The fraction of sp³-hybridized carbons (Fsp3) is 0.818. The van der Waals surface area contributed by atoms with Gasteiger partial charge in [-0.15, -0.1) is 0 Å². The number of rotatable bonds is 4. The lowest BCUT2D eigenvalue weighted by Gasteiger charge is -2.20. The summed E-state index contributed by atoms with van der Waals surface area (Å²) in [4.78, 5) is 24.5. The normalized spacial score (nSPS) is 32.6. The monoisotopic (exact) mass is 256 g/mol. The van der Waals surface area contributed by atoms with Gasteiger partial charge in [0.25, 0.3) is 5.91 Å². The lowest BCUT2D eigenvalue weighted by molar-refractivity contribution is -0.132. The third-order valence-corrected chi connectivity index (χ3v) is 3.68. The molecule has 3 atom stereocenters. The van der Waals surface area contributed by atoms with Gasteiger partial charge < -0.3 is 10.5 Å². The Morgan fingerprint density at radius 1 is 1.33 bits per heavy atom. The summed E-state index contributed by atoms with van der Waals surface area (Å²) in [6.07, 6.45) is 1.96. The molecule has 102 valence electrons. The quantitative estimate of drug-likeness (QED) is 0.316. The van der Waals surface area contributed by atoms with E-state index in [4.69, 9.17) is 16.3 Å². The van der Waals surface area contributed by atoms with E-state index in [9.17, 15) is 9.59 Å². The molecule has 2 aliphatic heterocycles. The molecule has 2 saturated heterocycles. The molecule has 3 unspecified atom stereocenters. The van der Waals surface area contributed by atoms with Crippen LogP contribution in [0.3, 0.4) is 0 Å². The van der Waals surface area contributed by atoms with Crippen LogP contribution in [0.1, 0.15) is 19.3 Å². The van der Waals surface area contributed by atoms with E-state index in [2.05, 4.69) is 10.3 Å². The molecular formula is C11H20N4O3. The number of primary amides is 1. The summed E-state index contributed by atoms with van der Waals surface area (Å²) in [5.41, 5.74) is 7.39. The Balaban J connectivity index is 1.75. The zero-order valence-corrected chi connectivity index (χ0v) is 10.3. The first kappa shape index (κ1) is 13.3. The number of nitrogens with zero attached hydrogens (tertiary/aromatic N) is 1. The molecular weight excluding hydrogens is 236 g/mol. The molecule has 0 aromatic rings. The van der Waals surface area contributed by atoms with Gasteiger partial charge in [-0.1, -0.05) is 0 Å². The highest BCUT2D eigenvalue weighted by molar-refractivity contribution is 5.80. The van der Waals surface area contributed by atoms with E-state index in [0.717, 1.165) is 25.9 Å². The Bertz CT molecular complexity index is 336. The Hall–Kier alpha value is -1.18. The largest absolute Gasteiger partial charge is 0.369 e. The van der Waals surface area contributed by atoms with Crippen LogP contribution >= 0.6 is 0 Å². The molecule has 7 nitrogen and oxygen atoms in total. The summed E-state index contributed by atoms with van der Waals surface area (Å²) >= 11 is 0. The molecule has 5 N–H and O–H groups in total. The number of hydrogen-bond donors (Lipinski definition) is 3. The molecule has 0 aromatic heterocycles. The molecule has 0 aromatic carbocycles. The Morgan fingerprint density at radius 3 is 2.72 bits per heavy atom. The van der Waals surface area contributed by atoms with Gasteiger partial charge in [-0.05, 0) is 25.8 Å². The van der Waals surface area contributed by atoms with Crippen LogP contribution in [0, 0.1) is 5.92 Å². The summed E-state index contributed by atoms with van der Waals surface area (Å²) in [6, 6.07) is 0. The fourth-order valence-corrected chi connectivity index (χ4v) is 2.64. The number of amides is 2. The first-order chi connectivity index (χ1) is 8.60. The number of ether oxygens (including phenoxy) is 1. The topological polar surface area (TPSA) is 111 Å². The minimum Gasteiger partial charge on any atom is -0.369 e. The second-order valence-electron chi connectivity index (χ2n) is 4.98. The average Bonchev–Trinajstić information content (AvgIpc) is 2.98. The molecule has 7 heteroatoms. The van der Waals surface area contributed by atoms with Crippen molar-refractivity contribution in [2.24, 2.45) is 17.5 Å². The number of hydrogen-bond acceptors (Lipinski definition) is 5. The van der Waals surface area contributed by atoms with E-state index in [1.54, 1.807) is 0 Å². The smallest absolute Gasteiger partial charge is 0.263 e. The van der Waals surface area contributed by atoms with Crippen LogP contribution in [0.15, 0.2) is 0 Å². The van der Waals surface area contributed by atoms with Gasteiger partial charge in [0.15, 0.2) is 0 Å². The van der Waals surface area contributed by atoms with Crippen molar-refractivity contribution in [2.45, 2.75) is 31.5 Å². The highest BCUT2D eigenvalue weighted by atomic mass is 16.5. The van der Waals surface area contributed by atoms with Crippen LogP contribution in [-0.2, 0) is 14.3 Å². The van der Waals surface area contributed by atoms with Crippen LogP contribution in [0.25, 0.3) is 0 Å². The van der Waals surface area contributed by atoms with Crippen molar-refractivity contribution in [3.05, 3.63) is 0 Å². The zero-order valence-electron chi connectivity index (χ0n) is 10.3. The molecule has 2 heterocycles. The second kappa shape index (κ2) is 5.64. The van der Waals surface area contributed by atoms with Crippen molar-refractivity contribution < 1.29 is 14.3 Å². The minimum atomic E-state index is -0.436. The average molecular weight is 256 g/mol. The predicted molar refractivity (Wildman–Crippen MR) is 64.0 cm³/mol. The number of likely N-dealkylation sites (tertiary alicyclic amines) is 1.